The second kappa shape index (κ2) is 3.61. The summed E-state index contributed by atoms with van der Waals surface area (Å²) in [6, 6.07) is 5.17. The van der Waals surface area contributed by atoms with Crippen LogP contribution >= 0.6 is 0 Å². The fourth-order valence-electron chi connectivity index (χ4n) is 1.55. The Morgan fingerprint density at radius 3 is 3.00 bits per heavy atom. The molecule has 2 aliphatic rings. The lowest BCUT2D eigenvalue weighted by Crippen LogP contribution is -2.15. The summed E-state index contributed by atoms with van der Waals surface area (Å²) in [4.78, 5) is 0.797. The summed E-state index contributed by atoms with van der Waals surface area (Å²) in [6.45, 7) is 2.72. The Bertz CT molecular complexity index is 505. The van der Waals surface area contributed by atoms with Crippen molar-refractivity contribution in [2.75, 3.05) is 11.9 Å². The highest BCUT2D eigenvalue weighted by molar-refractivity contribution is 5.74. The van der Waals surface area contributed by atoms with Crippen LogP contribution < -0.4 is 10.7 Å². The summed E-state index contributed by atoms with van der Waals surface area (Å²) in [7, 11) is 0. The molecule has 0 spiro atoms. The van der Waals surface area contributed by atoms with E-state index in [0.717, 1.165) is 17.1 Å². The van der Waals surface area contributed by atoms with Crippen molar-refractivity contribution in [3.8, 4) is 11.3 Å². The monoisotopic (exact) mass is 204 g/mol. The molecule has 78 valence electrons. The van der Waals surface area contributed by atoms with Gasteiger partial charge in [-0.15, -0.1) is 5.10 Å². The third-order valence-electron chi connectivity index (χ3n) is 2.20. The number of nitrogens with zero attached hydrogens (tertiary/aromatic N) is 2. The molecule has 5 nitrogen and oxygen atoms in total. The van der Waals surface area contributed by atoms with Crippen molar-refractivity contribution in [3.63, 3.8) is 0 Å². The van der Waals surface area contributed by atoms with Gasteiger partial charge in [0.15, 0.2) is 0 Å². The van der Waals surface area contributed by atoms with Gasteiger partial charge in [-0.05, 0) is 25.1 Å². The van der Waals surface area contributed by atoms with Crippen LogP contribution in [-0.4, -0.2) is 21.7 Å². The van der Waals surface area contributed by atoms with E-state index in [2.05, 4.69) is 10.4 Å². The first-order chi connectivity index (χ1) is 7.24. The SMILES string of the molecule is CCNc1ccc(=N)c2ccnn(O)c1-2. The molecule has 1 aliphatic heterocycles. The number of hydrogen-bond donors (Lipinski definition) is 3. The van der Waals surface area contributed by atoms with Gasteiger partial charge >= 0.3 is 0 Å². The van der Waals surface area contributed by atoms with E-state index in [0.29, 0.717) is 16.6 Å². The average Bonchev–Trinajstić information content (AvgIpc) is 2.23. The molecule has 0 bridgehead atoms. The van der Waals surface area contributed by atoms with Gasteiger partial charge in [-0.25, -0.2) is 0 Å². The number of nitrogens with one attached hydrogen (secondary N) is 2. The Hall–Kier alpha value is -2.04. The summed E-state index contributed by atoms with van der Waals surface area (Å²) in [5.74, 6) is 0. The molecule has 0 aromatic rings. The fraction of sp³-hybridized carbons (Fsp3) is 0.200. The molecule has 0 unspecified atom stereocenters. The highest BCUT2D eigenvalue weighted by atomic mass is 16.5. The zero-order chi connectivity index (χ0) is 10.8. The third-order valence-corrected chi connectivity index (χ3v) is 2.20. The van der Waals surface area contributed by atoms with Crippen LogP contribution in [0.3, 0.4) is 0 Å². The highest BCUT2D eigenvalue weighted by Gasteiger charge is 2.12. The molecule has 5 heteroatoms. The number of hydrogen-bond acceptors (Lipinski definition) is 4. The van der Waals surface area contributed by atoms with E-state index in [-0.39, 0.29) is 0 Å². The minimum atomic E-state index is 0.372. The summed E-state index contributed by atoms with van der Waals surface area (Å²) in [6.07, 6.45) is 1.47. The largest absolute Gasteiger partial charge is 0.411 e. The molecule has 1 heterocycles. The fourth-order valence-corrected chi connectivity index (χ4v) is 1.55. The third kappa shape index (κ3) is 1.52. The van der Waals surface area contributed by atoms with Gasteiger partial charge in [-0.1, -0.05) is 4.85 Å². The molecule has 2 rings (SSSR count). The molecule has 1 aliphatic carbocycles. The minimum Gasteiger partial charge on any atom is -0.411 e. The molecule has 0 amide bonds. The normalized spacial score (nSPS) is 10.5. The zero-order valence-corrected chi connectivity index (χ0v) is 8.36. The van der Waals surface area contributed by atoms with Gasteiger partial charge < -0.3 is 15.9 Å². The van der Waals surface area contributed by atoms with Gasteiger partial charge in [-0.2, -0.15) is 0 Å². The maximum absolute atomic E-state index is 9.59. The molecule has 0 aromatic heterocycles. The van der Waals surface area contributed by atoms with Crippen LogP contribution in [0, 0.1) is 5.41 Å². The number of rotatable bonds is 2. The van der Waals surface area contributed by atoms with E-state index < -0.39 is 0 Å². The standard InChI is InChI=1S/C10H12N4O/c1-2-12-9-4-3-8(11)7-5-6-13-14(15)10(7)9/h3-6,11-12,15H,2H2,1H3. The van der Waals surface area contributed by atoms with Gasteiger partial charge in [-0.3, -0.25) is 0 Å². The molecular weight excluding hydrogens is 192 g/mol. The molecule has 0 saturated carbocycles. The molecule has 0 radical (unpaired) electrons. The summed E-state index contributed by atoms with van der Waals surface area (Å²) >= 11 is 0. The van der Waals surface area contributed by atoms with Crippen LogP contribution in [0.5, 0.6) is 0 Å². The molecule has 15 heavy (non-hydrogen) atoms. The van der Waals surface area contributed by atoms with Crippen LogP contribution in [-0.2, 0) is 0 Å². The summed E-state index contributed by atoms with van der Waals surface area (Å²) in [5.41, 5.74) is 1.98. The van der Waals surface area contributed by atoms with Crippen LogP contribution in [0.15, 0.2) is 24.4 Å². The van der Waals surface area contributed by atoms with Crippen molar-refractivity contribution in [1.82, 2.24) is 9.94 Å². The Balaban J connectivity index is 2.75. The Labute approximate surface area is 86.8 Å². The van der Waals surface area contributed by atoms with Crippen LogP contribution in [0.2, 0.25) is 0 Å². The summed E-state index contributed by atoms with van der Waals surface area (Å²) in [5, 5.41) is 24.5. The molecule has 3 N–H and O–H groups in total. The van der Waals surface area contributed by atoms with Crippen molar-refractivity contribution < 1.29 is 5.21 Å². The van der Waals surface area contributed by atoms with E-state index in [9.17, 15) is 5.21 Å². The lowest BCUT2D eigenvalue weighted by atomic mass is 10.1. The van der Waals surface area contributed by atoms with Gasteiger partial charge in [0, 0.05) is 12.1 Å². The van der Waals surface area contributed by atoms with Crippen molar-refractivity contribution in [2.24, 2.45) is 0 Å². The Morgan fingerprint density at radius 1 is 1.47 bits per heavy atom. The lowest BCUT2D eigenvalue weighted by molar-refractivity contribution is 0.149. The van der Waals surface area contributed by atoms with E-state index in [1.807, 2.05) is 6.92 Å². The van der Waals surface area contributed by atoms with E-state index >= 15 is 0 Å². The average molecular weight is 204 g/mol. The maximum Gasteiger partial charge on any atom is 0.133 e. The van der Waals surface area contributed by atoms with Crippen molar-refractivity contribution in [3.05, 3.63) is 29.8 Å². The number of anilines is 1. The maximum atomic E-state index is 9.59. The summed E-state index contributed by atoms with van der Waals surface area (Å²) < 4.78 is 0. The number of benzene rings is 1. The van der Waals surface area contributed by atoms with Crippen LogP contribution in [0.1, 0.15) is 6.92 Å². The first-order valence-electron chi connectivity index (χ1n) is 4.73. The second-order valence-corrected chi connectivity index (χ2v) is 3.17. The first kappa shape index (κ1) is 9.51. The first-order valence-corrected chi connectivity index (χ1v) is 4.73. The van der Waals surface area contributed by atoms with E-state index in [1.54, 1.807) is 18.2 Å². The van der Waals surface area contributed by atoms with Crippen molar-refractivity contribution in [1.29, 1.82) is 5.41 Å². The molecular formula is C10H12N4O. The van der Waals surface area contributed by atoms with Crippen molar-refractivity contribution in [2.45, 2.75) is 6.92 Å². The van der Waals surface area contributed by atoms with Gasteiger partial charge in [0.2, 0.25) is 0 Å². The predicted octanol–water partition coefficient (Wildman–Crippen LogP) is 1.14. The van der Waals surface area contributed by atoms with Gasteiger partial charge in [0.05, 0.1) is 17.2 Å². The topological polar surface area (TPSA) is 73.9 Å². The molecule has 0 atom stereocenters. The van der Waals surface area contributed by atoms with Crippen molar-refractivity contribution >= 4 is 5.69 Å². The number of fused-ring (bicyclic) bond motifs is 1. The van der Waals surface area contributed by atoms with Gasteiger partial charge in [0.25, 0.3) is 0 Å². The van der Waals surface area contributed by atoms with Crippen LogP contribution in [0.4, 0.5) is 5.69 Å². The predicted molar refractivity (Wildman–Crippen MR) is 56.1 cm³/mol. The Morgan fingerprint density at radius 2 is 2.27 bits per heavy atom. The lowest BCUT2D eigenvalue weighted by Gasteiger charge is -2.13. The molecule has 0 saturated heterocycles. The van der Waals surface area contributed by atoms with Gasteiger partial charge in [0.1, 0.15) is 5.69 Å². The Kier molecular flexibility index (Phi) is 2.29. The number of aromatic nitrogens is 2. The zero-order valence-electron chi connectivity index (χ0n) is 8.36. The van der Waals surface area contributed by atoms with Crippen LogP contribution in [0.25, 0.3) is 11.3 Å². The van der Waals surface area contributed by atoms with E-state index in [4.69, 9.17) is 5.41 Å². The smallest absolute Gasteiger partial charge is 0.133 e. The van der Waals surface area contributed by atoms with E-state index in [1.165, 1.54) is 6.20 Å². The quantitative estimate of drug-likeness (QED) is 0.642. The highest BCUT2D eigenvalue weighted by Crippen LogP contribution is 2.24. The molecule has 0 aromatic carbocycles. The molecule has 0 fully saturated rings. The minimum absolute atomic E-state index is 0.372. The second-order valence-electron chi connectivity index (χ2n) is 3.17.